The lowest BCUT2D eigenvalue weighted by Crippen LogP contribution is -2.55. The molecule has 2 rings (SSSR count). The molecule has 1 fully saturated rings. The minimum Gasteiger partial charge on any atom is -0.348 e. The van der Waals surface area contributed by atoms with Gasteiger partial charge in [0.1, 0.15) is 0 Å². The highest BCUT2D eigenvalue weighted by Gasteiger charge is 2.41. The first-order chi connectivity index (χ1) is 10.3. The number of hydrogen-bond donors (Lipinski definition) is 2. The molecule has 1 saturated carbocycles. The normalized spacial score (nSPS) is 17.2. The van der Waals surface area contributed by atoms with Gasteiger partial charge in [0.15, 0.2) is 0 Å². The van der Waals surface area contributed by atoms with Crippen LogP contribution in [0.15, 0.2) is 35.2 Å². The Bertz CT molecular complexity index is 635. The highest BCUT2D eigenvalue weighted by Crippen LogP contribution is 2.38. The molecule has 1 aromatic rings. The second-order valence-electron chi connectivity index (χ2n) is 6.02. The Morgan fingerprint density at radius 3 is 2.39 bits per heavy atom. The summed E-state index contributed by atoms with van der Waals surface area (Å²) < 4.78 is 25.8. The third-order valence-electron chi connectivity index (χ3n) is 4.15. The highest BCUT2D eigenvalue weighted by atomic mass is 35.5. The van der Waals surface area contributed by atoms with E-state index in [0.717, 1.165) is 17.1 Å². The monoisotopic (exact) mass is 361 g/mol. The maximum absolute atomic E-state index is 12.4. The van der Waals surface area contributed by atoms with Gasteiger partial charge in [0.05, 0.1) is 17.0 Å². The van der Waals surface area contributed by atoms with Crippen molar-refractivity contribution in [1.29, 1.82) is 0 Å². The summed E-state index contributed by atoms with van der Waals surface area (Å²) in [6.45, 7) is 2.03. The Morgan fingerprint density at radius 2 is 1.91 bits per heavy atom. The minimum absolute atomic E-state index is 0. The van der Waals surface area contributed by atoms with Gasteiger partial charge in [-0.25, -0.2) is 8.42 Å². The van der Waals surface area contributed by atoms with Crippen molar-refractivity contribution in [2.45, 2.75) is 30.2 Å². The van der Waals surface area contributed by atoms with E-state index in [1.165, 1.54) is 19.2 Å². The smallest absolute Gasteiger partial charge is 0.243 e. The van der Waals surface area contributed by atoms with Crippen molar-refractivity contribution >= 4 is 28.3 Å². The van der Waals surface area contributed by atoms with Gasteiger partial charge < -0.3 is 11.1 Å². The van der Waals surface area contributed by atoms with Crippen molar-refractivity contribution in [1.82, 2.24) is 9.62 Å². The molecule has 0 aromatic heterocycles. The SMILES string of the molecule is CN(CC(=O)NC(C)(CN)C1CC1)S(=O)(=O)c1ccccc1.Cl. The molecule has 1 unspecified atom stereocenters. The number of nitrogens with zero attached hydrogens (tertiary/aromatic N) is 1. The van der Waals surface area contributed by atoms with E-state index in [2.05, 4.69) is 5.32 Å². The zero-order chi connectivity index (χ0) is 16.4. The first-order valence-corrected chi connectivity index (χ1v) is 8.76. The van der Waals surface area contributed by atoms with Gasteiger partial charge in [-0.15, -0.1) is 12.4 Å². The molecule has 0 radical (unpaired) electrons. The van der Waals surface area contributed by atoms with Gasteiger partial charge in [-0.3, -0.25) is 4.79 Å². The second-order valence-corrected chi connectivity index (χ2v) is 8.06. The molecule has 1 aliphatic rings. The topological polar surface area (TPSA) is 92.5 Å². The Hall–Kier alpha value is -1.15. The van der Waals surface area contributed by atoms with E-state index in [4.69, 9.17) is 5.73 Å². The summed E-state index contributed by atoms with van der Waals surface area (Å²) in [4.78, 5) is 12.3. The molecule has 1 aromatic carbocycles. The summed E-state index contributed by atoms with van der Waals surface area (Å²) >= 11 is 0. The van der Waals surface area contributed by atoms with Crippen LogP contribution in [0.4, 0.5) is 0 Å². The number of amides is 1. The molecule has 23 heavy (non-hydrogen) atoms. The quantitative estimate of drug-likeness (QED) is 0.757. The highest BCUT2D eigenvalue weighted by molar-refractivity contribution is 7.89. The summed E-state index contributed by atoms with van der Waals surface area (Å²) in [6.07, 6.45) is 2.10. The fourth-order valence-electron chi connectivity index (χ4n) is 2.46. The number of sulfonamides is 1. The first-order valence-electron chi connectivity index (χ1n) is 7.32. The number of benzene rings is 1. The maximum atomic E-state index is 12.4. The lowest BCUT2D eigenvalue weighted by Gasteiger charge is -2.30. The largest absolute Gasteiger partial charge is 0.348 e. The number of nitrogens with one attached hydrogen (secondary N) is 1. The number of hydrogen-bond acceptors (Lipinski definition) is 4. The van der Waals surface area contributed by atoms with Gasteiger partial charge in [0, 0.05) is 13.6 Å². The van der Waals surface area contributed by atoms with E-state index in [0.29, 0.717) is 12.5 Å². The zero-order valence-corrected chi connectivity index (χ0v) is 15.0. The molecule has 8 heteroatoms. The molecule has 0 heterocycles. The average Bonchev–Trinajstić information content (AvgIpc) is 3.32. The van der Waals surface area contributed by atoms with Crippen LogP contribution in [-0.4, -0.2) is 44.3 Å². The van der Waals surface area contributed by atoms with Crippen molar-refractivity contribution in [3.05, 3.63) is 30.3 Å². The molecule has 0 bridgehead atoms. The summed E-state index contributed by atoms with van der Waals surface area (Å²) in [7, 11) is -2.26. The van der Waals surface area contributed by atoms with Gasteiger partial charge in [-0.05, 0) is 37.8 Å². The lowest BCUT2D eigenvalue weighted by molar-refractivity contribution is -0.123. The van der Waals surface area contributed by atoms with Crippen molar-refractivity contribution in [2.24, 2.45) is 11.7 Å². The van der Waals surface area contributed by atoms with Crippen LogP contribution in [0.3, 0.4) is 0 Å². The van der Waals surface area contributed by atoms with E-state index >= 15 is 0 Å². The molecule has 3 N–H and O–H groups in total. The molecule has 0 spiro atoms. The third-order valence-corrected chi connectivity index (χ3v) is 5.96. The van der Waals surface area contributed by atoms with Gasteiger partial charge >= 0.3 is 0 Å². The predicted octanol–water partition coefficient (Wildman–Crippen LogP) is 0.972. The van der Waals surface area contributed by atoms with E-state index in [-0.39, 0.29) is 29.8 Å². The van der Waals surface area contributed by atoms with Crippen molar-refractivity contribution in [3.8, 4) is 0 Å². The van der Waals surface area contributed by atoms with Crippen LogP contribution in [0, 0.1) is 5.92 Å². The minimum atomic E-state index is -3.66. The zero-order valence-electron chi connectivity index (χ0n) is 13.4. The molecule has 1 atom stereocenters. The molecule has 0 aliphatic heterocycles. The van der Waals surface area contributed by atoms with Crippen molar-refractivity contribution < 1.29 is 13.2 Å². The number of rotatable bonds is 7. The summed E-state index contributed by atoms with van der Waals surface area (Å²) in [5, 5.41) is 2.89. The lowest BCUT2D eigenvalue weighted by atomic mass is 9.96. The molecular weight excluding hydrogens is 338 g/mol. The fourth-order valence-corrected chi connectivity index (χ4v) is 3.61. The Kier molecular flexibility index (Phi) is 6.59. The van der Waals surface area contributed by atoms with Crippen molar-refractivity contribution in [3.63, 3.8) is 0 Å². The van der Waals surface area contributed by atoms with Crippen molar-refractivity contribution in [2.75, 3.05) is 20.1 Å². The van der Waals surface area contributed by atoms with Crippen LogP contribution in [0.2, 0.25) is 0 Å². The van der Waals surface area contributed by atoms with Crippen LogP contribution in [0.1, 0.15) is 19.8 Å². The van der Waals surface area contributed by atoms with Crippen LogP contribution in [0.25, 0.3) is 0 Å². The van der Waals surface area contributed by atoms with E-state index in [1.807, 2.05) is 6.92 Å². The van der Waals surface area contributed by atoms with Crippen LogP contribution in [-0.2, 0) is 14.8 Å². The number of carbonyl (C=O) groups is 1. The average molecular weight is 362 g/mol. The first kappa shape index (κ1) is 19.9. The Balaban J connectivity index is 0.00000264. The number of nitrogens with two attached hydrogens (primary N) is 1. The fraction of sp³-hybridized carbons (Fsp3) is 0.533. The Labute approximate surface area is 143 Å². The summed E-state index contributed by atoms with van der Waals surface area (Å²) in [5.74, 6) is 0.0549. The van der Waals surface area contributed by atoms with Crippen LogP contribution in [0.5, 0.6) is 0 Å². The van der Waals surface area contributed by atoms with Gasteiger partial charge in [-0.2, -0.15) is 4.31 Å². The maximum Gasteiger partial charge on any atom is 0.243 e. The molecular formula is C15H24ClN3O3S. The van der Waals surface area contributed by atoms with Gasteiger partial charge in [-0.1, -0.05) is 18.2 Å². The predicted molar refractivity (Wildman–Crippen MR) is 91.8 cm³/mol. The molecule has 130 valence electrons. The van der Waals surface area contributed by atoms with E-state index in [9.17, 15) is 13.2 Å². The third kappa shape index (κ3) is 4.67. The molecule has 1 amide bonds. The standard InChI is InChI=1S/C15H23N3O3S.ClH/c1-15(11-16,12-8-9-12)17-14(19)10-18(2)22(20,21)13-6-4-3-5-7-13;/h3-7,12H,8-11,16H2,1-2H3,(H,17,19);1H. The Morgan fingerprint density at radius 1 is 1.35 bits per heavy atom. The molecule has 1 aliphatic carbocycles. The second kappa shape index (κ2) is 7.61. The van der Waals surface area contributed by atoms with Gasteiger partial charge in [0.2, 0.25) is 15.9 Å². The number of halogens is 1. The molecule has 6 nitrogen and oxygen atoms in total. The van der Waals surface area contributed by atoms with Crippen LogP contribution >= 0.6 is 12.4 Å². The van der Waals surface area contributed by atoms with Crippen LogP contribution < -0.4 is 11.1 Å². The number of likely N-dealkylation sites (N-methyl/N-ethyl adjacent to an activating group) is 1. The van der Waals surface area contributed by atoms with E-state index in [1.54, 1.807) is 18.2 Å². The summed E-state index contributed by atoms with van der Waals surface area (Å²) in [6, 6.07) is 8.07. The number of carbonyl (C=O) groups excluding carboxylic acids is 1. The molecule has 0 saturated heterocycles. The van der Waals surface area contributed by atoms with Gasteiger partial charge in [0.25, 0.3) is 0 Å². The summed E-state index contributed by atoms with van der Waals surface area (Å²) in [5.41, 5.74) is 5.31. The van der Waals surface area contributed by atoms with E-state index < -0.39 is 15.6 Å².